The van der Waals surface area contributed by atoms with E-state index in [0.29, 0.717) is 11.3 Å². The van der Waals surface area contributed by atoms with Crippen LogP contribution in [0.15, 0.2) is 31.0 Å². The minimum Gasteiger partial charge on any atom is -0.355 e. The number of nitrogens with one attached hydrogen (secondary N) is 1. The molecule has 3 saturated heterocycles. The number of H-pyrrole nitrogens is 1. The molecule has 37 heavy (non-hydrogen) atoms. The summed E-state index contributed by atoms with van der Waals surface area (Å²) in [5, 5.41) is 18.8. The lowest BCUT2D eigenvalue weighted by Gasteiger charge is -2.47. The third kappa shape index (κ3) is 3.96. The summed E-state index contributed by atoms with van der Waals surface area (Å²) in [4.78, 5) is 28.7. The average molecular weight is 497 g/mol. The van der Waals surface area contributed by atoms with Crippen molar-refractivity contribution in [3.63, 3.8) is 0 Å². The summed E-state index contributed by atoms with van der Waals surface area (Å²) in [5.41, 5.74) is 4.19. The van der Waals surface area contributed by atoms with Crippen LogP contribution in [0.1, 0.15) is 42.1 Å². The van der Waals surface area contributed by atoms with Gasteiger partial charge >= 0.3 is 0 Å². The SMILES string of the molecule is C=CC(=O)N1CC2(CCN(c3nc(C4CCN(C)CC4)nc(-c4c(C)ccc5[nH]ncc45)c3C#N)C2)C1. The van der Waals surface area contributed by atoms with E-state index in [1.165, 1.54) is 6.08 Å². The van der Waals surface area contributed by atoms with Gasteiger partial charge in [-0.15, -0.1) is 0 Å². The Bertz CT molecular complexity index is 1420. The number of anilines is 1. The summed E-state index contributed by atoms with van der Waals surface area (Å²) < 4.78 is 0. The molecule has 5 heterocycles. The van der Waals surface area contributed by atoms with Crippen molar-refractivity contribution < 1.29 is 4.79 Å². The number of aromatic nitrogens is 4. The van der Waals surface area contributed by atoms with Gasteiger partial charge in [-0.1, -0.05) is 12.6 Å². The second-order valence-electron chi connectivity index (χ2n) is 11.0. The molecule has 9 heteroatoms. The first-order valence-electron chi connectivity index (χ1n) is 13.0. The molecule has 0 saturated carbocycles. The van der Waals surface area contributed by atoms with Crippen molar-refractivity contribution in [3.05, 3.63) is 47.9 Å². The minimum atomic E-state index is -0.0145. The van der Waals surface area contributed by atoms with Gasteiger partial charge in [0.1, 0.15) is 17.5 Å². The molecule has 3 aliphatic heterocycles. The fraction of sp³-hybridized carbons (Fsp3) is 0.464. The second-order valence-corrected chi connectivity index (χ2v) is 11.0. The first-order valence-corrected chi connectivity index (χ1v) is 13.0. The highest BCUT2D eigenvalue weighted by Gasteiger charge is 2.49. The molecule has 6 rings (SSSR count). The fourth-order valence-electron chi connectivity index (χ4n) is 6.29. The van der Waals surface area contributed by atoms with E-state index in [9.17, 15) is 10.1 Å². The van der Waals surface area contributed by atoms with Gasteiger partial charge in [-0.25, -0.2) is 9.97 Å². The number of piperidine rings is 1. The zero-order valence-electron chi connectivity index (χ0n) is 21.5. The van der Waals surface area contributed by atoms with Crippen molar-refractivity contribution >= 4 is 22.6 Å². The topological polar surface area (TPSA) is 105 Å². The Morgan fingerprint density at radius 2 is 2.00 bits per heavy atom. The van der Waals surface area contributed by atoms with Crippen molar-refractivity contribution in [1.29, 1.82) is 5.26 Å². The zero-order valence-corrected chi connectivity index (χ0v) is 21.5. The zero-order chi connectivity index (χ0) is 25.7. The van der Waals surface area contributed by atoms with Gasteiger partial charge in [-0.05, 0) is 64.0 Å². The lowest BCUT2D eigenvalue weighted by molar-refractivity contribution is -0.136. The van der Waals surface area contributed by atoms with Crippen molar-refractivity contribution in [2.45, 2.75) is 32.1 Å². The van der Waals surface area contributed by atoms with Crippen LogP contribution in [0.25, 0.3) is 22.2 Å². The molecule has 3 aromatic rings. The van der Waals surface area contributed by atoms with Gasteiger partial charge < -0.3 is 14.7 Å². The maximum Gasteiger partial charge on any atom is 0.245 e. The summed E-state index contributed by atoms with van der Waals surface area (Å²) in [7, 11) is 2.15. The van der Waals surface area contributed by atoms with Crippen molar-refractivity contribution in [2.24, 2.45) is 5.41 Å². The second kappa shape index (κ2) is 8.96. The van der Waals surface area contributed by atoms with Gasteiger partial charge in [0, 0.05) is 48.5 Å². The van der Waals surface area contributed by atoms with E-state index < -0.39 is 0 Å². The van der Waals surface area contributed by atoms with E-state index in [1.807, 2.05) is 17.2 Å². The summed E-state index contributed by atoms with van der Waals surface area (Å²) >= 11 is 0. The third-order valence-electron chi connectivity index (χ3n) is 8.45. The number of benzene rings is 1. The van der Waals surface area contributed by atoms with E-state index in [4.69, 9.17) is 9.97 Å². The number of amides is 1. The molecule has 0 bridgehead atoms. The number of hydrogen-bond donors (Lipinski definition) is 1. The highest BCUT2D eigenvalue weighted by Crippen LogP contribution is 2.43. The van der Waals surface area contributed by atoms with Gasteiger partial charge in [0.05, 0.1) is 17.4 Å². The lowest BCUT2D eigenvalue weighted by Crippen LogP contribution is -2.59. The Hall–Kier alpha value is -3.77. The molecule has 9 nitrogen and oxygen atoms in total. The smallest absolute Gasteiger partial charge is 0.245 e. The highest BCUT2D eigenvalue weighted by molar-refractivity contribution is 5.97. The van der Waals surface area contributed by atoms with Crippen molar-refractivity contribution in [1.82, 2.24) is 30.0 Å². The largest absolute Gasteiger partial charge is 0.355 e. The molecule has 3 aliphatic rings. The van der Waals surface area contributed by atoms with Crippen LogP contribution in [-0.2, 0) is 4.79 Å². The average Bonchev–Trinajstić information content (AvgIpc) is 3.55. The Morgan fingerprint density at radius 3 is 2.73 bits per heavy atom. The highest BCUT2D eigenvalue weighted by atomic mass is 16.2. The van der Waals surface area contributed by atoms with Crippen LogP contribution >= 0.6 is 0 Å². The van der Waals surface area contributed by atoms with E-state index in [-0.39, 0.29) is 17.2 Å². The lowest BCUT2D eigenvalue weighted by atomic mass is 9.79. The molecule has 1 amide bonds. The molecule has 0 aliphatic carbocycles. The van der Waals surface area contributed by atoms with Gasteiger partial charge in [0.25, 0.3) is 0 Å². The number of likely N-dealkylation sites (tertiary alicyclic amines) is 2. The van der Waals surface area contributed by atoms with E-state index in [0.717, 1.165) is 92.2 Å². The van der Waals surface area contributed by atoms with E-state index in [1.54, 1.807) is 0 Å². The van der Waals surface area contributed by atoms with Crippen molar-refractivity contribution in [3.8, 4) is 17.3 Å². The summed E-state index contributed by atoms with van der Waals surface area (Å²) in [6.07, 6.45) is 6.17. The number of aryl methyl sites for hydroxylation is 1. The minimum absolute atomic E-state index is 0.0145. The van der Waals surface area contributed by atoms with Crippen LogP contribution in [0.3, 0.4) is 0 Å². The molecule has 0 unspecified atom stereocenters. The van der Waals surface area contributed by atoms with E-state index >= 15 is 0 Å². The third-order valence-corrected chi connectivity index (χ3v) is 8.45. The Balaban J connectivity index is 1.44. The first kappa shape index (κ1) is 23.6. The summed E-state index contributed by atoms with van der Waals surface area (Å²) in [6, 6.07) is 6.55. The molecule has 2 aromatic heterocycles. The number of carbonyl (C=O) groups excluding carboxylic acids is 1. The molecule has 1 aromatic carbocycles. The van der Waals surface area contributed by atoms with Crippen LogP contribution in [-0.4, -0.2) is 82.2 Å². The van der Waals surface area contributed by atoms with Gasteiger partial charge in [-0.2, -0.15) is 10.4 Å². The Labute approximate surface area is 216 Å². The quantitative estimate of drug-likeness (QED) is 0.553. The first-order chi connectivity index (χ1) is 17.9. The number of nitriles is 1. The van der Waals surface area contributed by atoms with Gasteiger partial charge in [-0.3, -0.25) is 9.89 Å². The predicted octanol–water partition coefficient (Wildman–Crippen LogP) is 3.23. The Morgan fingerprint density at radius 1 is 1.22 bits per heavy atom. The monoisotopic (exact) mass is 496 g/mol. The number of rotatable bonds is 4. The summed E-state index contributed by atoms with van der Waals surface area (Å²) in [6.45, 7) is 10.7. The van der Waals surface area contributed by atoms with Gasteiger partial charge in [0.15, 0.2) is 5.82 Å². The maximum absolute atomic E-state index is 12.1. The van der Waals surface area contributed by atoms with Crippen LogP contribution in [0.5, 0.6) is 0 Å². The number of aromatic amines is 1. The molecular formula is C28H32N8O. The number of carbonyl (C=O) groups is 1. The molecule has 1 N–H and O–H groups in total. The standard InChI is InChI=1S/C28H32N8O/c1-4-23(37)36-16-28(17-36)9-12-35(15-28)27-20(13-29)25(24-18(2)5-6-22-21(24)14-30-33-22)31-26(32-27)19-7-10-34(3)11-8-19/h4-6,14,19H,1,7-12,15-17H2,2-3H3,(H,30,33). The molecule has 0 atom stereocenters. The molecule has 190 valence electrons. The van der Waals surface area contributed by atoms with Crippen molar-refractivity contribution in [2.75, 3.05) is 51.2 Å². The number of hydrogen-bond acceptors (Lipinski definition) is 7. The molecule has 1 spiro atoms. The predicted molar refractivity (Wildman–Crippen MR) is 142 cm³/mol. The van der Waals surface area contributed by atoms with Gasteiger partial charge in [0.2, 0.25) is 5.91 Å². The van der Waals surface area contributed by atoms with Crippen LogP contribution in [0, 0.1) is 23.7 Å². The van der Waals surface area contributed by atoms with Crippen LogP contribution in [0.4, 0.5) is 5.82 Å². The fourth-order valence-corrected chi connectivity index (χ4v) is 6.29. The van der Waals surface area contributed by atoms with Crippen LogP contribution < -0.4 is 4.90 Å². The number of nitrogens with zero attached hydrogens (tertiary/aromatic N) is 7. The number of fused-ring (bicyclic) bond motifs is 1. The maximum atomic E-state index is 12.1. The normalized spacial score (nSPS) is 19.8. The molecule has 3 fully saturated rings. The Kier molecular flexibility index (Phi) is 5.72. The molecular weight excluding hydrogens is 464 g/mol. The molecule has 0 radical (unpaired) electrons. The van der Waals surface area contributed by atoms with Crippen LogP contribution in [0.2, 0.25) is 0 Å². The van der Waals surface area contributed by atoms with E-state index in [2.05, 4.69) is 52.7 Å². The summed E-state index contributed by atoms with van der Waals surface area (Å²) in [5.74, 6) is 1.80.